The summed E-state index contributed by atoms with van der Waals surface area (Å²) in [6, 6.07) is 10.6. The Bertz CT molecular complexity index is 1100. The topological polar surface area (TPSA) is 79.6 Å². The highest BCUT2D eigenvalue weighted by Crippen LogP contribution is 2.30. The van der Waals surface area contributed by atoms with Crippen LogP contribution in [0.1, 0.15) is 10.4 Å². The van der Waals surface area contributed by atoms with E-state index < -0.39 is 10.7 Å². The minimum absolute atomic E-state index is 0.0631. The number of anilines is 1. The Labute approximate surface area is 170 Å². The Hall–Kier alpha value is -3.26. The van der Waals surface area contributed by atoms with E-state index in [1.165, 1.54) is 30.5 Å². The molecule has 2 aromatic carbocycles. The number of hydrogen-bond acceptors (Lipinski definition) is 5. The number of hydrogen-bond donors (Lipinski definition) is 0. The van der Waals surface area contributed by atoms with E-state index in [4.69, 9.17) is 11.6 Å². The summed E-state index contributed by atoms with van der Waals surface area (Å²) in [5, 5.41) is 11.7. The number of fused-ring (bicyclic) bond motifs is 1. The molecule has 1 aromatic heterocycles. The number of rotatable bonds is 3. The van der Waals surface area contributed by atoms with Gasteiger partial charge in [0, 0.05) is 55.5 Å². The van der Waals surface area contributed by atoms with Gasteiger partial charge in [-0.15, -0.1) is 0 Å². The van der Waals surface area contributed by atoms with Crippen molar-refractivity contribution in [3.8, 4) is 0 Å². The molecule has 0 aliphatic carbocycles. The third-order valence-electron chi connectivity index (χ3n) is 5.01. The lowest BCUT2D eigenvalue weighted by Gasteiger charge is -2.36. The van der Waals surface area contributed by atoms with Gasteiger partial charge < -0.3 is 9.80 Å². The summed E-state index contributed by atoms with van der Waals surface area (Å²) in [5.41, 5.74) is 0.973. The Morgan fingerprint density at radius 3 is 2.41 bits per heavy atom. The number of aromatic nitrogens is 1. The normalized spacial score (nSPS) is 14.3. The molecule has 0 N–H and O–H groups in total. The second-order valence-corrected chi connectivity index (χ2v) is 7.08. The van der Waals surface area contributed by atoms with Crippen LogP contribution in [0.3, 0.4) is 0 Å². The summed E-state index contributed by atoms with van der Waals surface area (Å²) >= 11 is 6.10. The highest BCUT2D eigenvalue weighted by atomic mass is 35.5. The summed E-state index contributed by atoms with van der Waals surface area (Å²) in [6.45, 7) is 1.75. The third kappa shape index (κ3) is 3.58. The maximum Gasteiger partial charge on any atom is 0.269 e. The summed E-state index contributed by atoms with van der Waals surface area (Å²) in [7, 11) is 0. The fourth-order valence-electron chi connectivity index (χ4n) is 3.44. The number of pyridine rings is 1. The fraction of sp³-hybridized carbons (Fsp3) is 0.200. The third-order valence-corrected chi connectivity index (χ3v) is 5.34. The molecule has 2 heterocycles. The van der Waals surface area contributed by atoms with Crippen LogP contribution in [0.2, 0.25) is 5.02 Å². The molecule has 1 aliphatic rings. The van der Waals surface area contributed by atoms with Crippen LogP contribution in [0.15, 0.2) is 48.7 Å². The van der Waals surface area contributed by atoms with E-state index in [1.54, 1.807) is 23.1 Å². The van der Waals surface area contributed by atoms with Crippen molar-refractivity contribution >= 4 is 39.8 Å². The highest BCUT2D eigenvalue weighted by Gasteiger charge is 2.25. The molecular formula is C20H16ClFN4O3. The first-order chi connectivity index (χ1) is 14.0. The van der Waals surface area contributed by atoms with Crippen LogP contribution in [-0.2, 0) is 0 Å². The summed E-state index contributed by atoms with van der Waals surface area (Å²) in [5.74, 6) is -0.632. The molecule has 0 atom stereocenters. The van der Waals surface area contributed by atoms with Gasteiger partial charge in [-0.2, -0.15) is 0 Å². The molecule has 1 saturated heterocycles. The lowest BCUT2D eigenvalue weighted by atomic mass is 10.1. The van der Waals surface area contributed by atoms with Gasteiger partial charge in [-0.05, 0) is 30.3 Å². The molecule has 0 unspecified atom stereocenters. The molecule has 3 aromatic rings. The number of halogens is 2. The van der Waals surface area contributed by atoms with Crippen LogP contribution in [0, 0.1) is 15.9 Å². The van der Waals surface area contributed by atoms with E-state index in [0.29, 0.717) is 47.8 Å². The van der Waals surface area contributed by atoms with E-state index in [1.807, 2.05) is 4.90 Å². The molecular weight excluding hydrogens is 399 g/mol. The second kappa shape index (κ2) is 7.63. The van der Waals surface area contributed by atoms with Gasteiger partial charge in [0.2, 0.25) is 0 Å². The zero-order valence-electron chi connectivity index (χ0n) is 15.2. The SMILES string of the molecule is O=C(c1ccc([N+](=O)[O-])cc1)N1CCN(c2ccc3c(Cl)ccnc3c2F)CC1. The number of amides is 1. The molecule has 148 valence electrons. The molecule has 1 fully saturated rings. The molecule has 1 aliphatic heterocycles. The number of nitrogens with zero attached hydrogens (tertiary/aromatic N) is 4. The Kier molecular flexibility index (Phi) is 5.02. The van der Waals surface area contributed by atoms with Gasteiger partial charge in [-0.3, -0.25) is 19.9 Å². The van der Waals surface area contributed by atoms with Crippen molar-refractivity contribution in [3.05, 3.63) is 75.2 Å². The summed E-state index contributed by atoms with van der Waals surface area (Å²) in [4.78, 5) is 30.5. The van der Waals surface area contributed by atoms with Crippen molar-refractivity contribution in [3.63, 3.8) is 0 Å². The minimum Gasteiger partial charge on any atom is -0.366 e. The maximum absolute atomic E-state index is 15.0. The van der Waals surface area contributed by atoms with Crippen LogP contribution in [0.4, 0.5) is 15.8 Å². The number of non-ortho nitro benzene ring substituents is 1. The second-order valence-electron chi connectivity index (χ2n) is 6.67. The lowest BCUT2D eigenvalue weighted by Crippen LogP contribution is -2.49. The van der Waals surface area contributed by atoms with E-state index in [0.717, 1.165) is 0 Å². The number of benzene rings is 2. The smallest absolute Gasteiger partial charge is 0.269 e. The number of nitro benzene ring substituents is 1. The predicted octanol–water partition coefficient (Wildman–Crippen LogP) is 3.90. The minimum atomic E-state index is -0.507. The molecule has 9 heteroatoms. The quantitative estimate of drug-likeness (QED) is 0.479. The molecule has 7 nitrogen and oxygen atoms in total. The average molecular weight is 415 g/mol. The Balaban J connectivity index is 1.48. The van der Waals surface area contributed by atoms with Crippen LogP contribution in [-0.4, -0.2) is 46.9 Å². The van der Waals surface area contributed by atoms with Crippen molar-refractivity contribution < 1.29 is 14.1 Å². The lowest BCUT2D eigenvalue weighted by molar-refractivity contribution is -0.384. The first kappa shape index (κ1) is 19.1. The number of carbonyl (C=O) groups is 1. The van der Waals surface area contributed by atoms with Crippen molar-refractivity contribution in [2.24, 2.45) is 0 Å². The standard InChI is InChI=1S/C20H16ClFN4O3/c21-16-7-8-23-19-15(16)5-6-17(18(19)22)24-9-11-25(12-10-24)20(27)13-1-3-14(4-2-13)26(28)29/h1-8H,9-12H2. The average Bonchev–Trinajstić information content (AvgIpc) is 2.74. The monoisotopic (exact) mass is 414 g/mol. The molecule has 1 amide bonds. The zero-order valence-corrected chi connectivity index (χ0v) is 16.0. The van der Waals surface area contributed by atoms with Crippen molar-refractivity contribution in [1.29, 1.82) is 0 Å². The number of nitro groups is 1. The van der Waals surface area contributed by atoms with Gasteiger partial charge in [-0.25, -0.2) is 4.39 Å². The van der Waals surface area contributed by atoms with E-state index in [9.17, 15) is 19.3 Å². The van der Waals surface area contributed by atoms with E-state index >= 15 is 0 Å². The van der Waals surface area contributed by atoms with Gasteiger partial charge >= 0.3 is 0 Å². The molecule has 0 bridgehead atoms. The number of carbonyl (C=O) groups excluding carboxylic acids is 1. The Morgan fingerprint density at radius 1 is 1.07 bits per heavy atom. The van der Waals surface area contributed by atoms with Gasteiger partial charge in [0.15, 0.2) is 5.82 Å². The van der Waals surface area contributed by atoms with Crippen LogP contribution in [0.5, 0.6) is 0 Å². The molecule has 4 rings (SSSR count). The fourth-order valence-corrected chi connectivity index (χ4v) is 3.65. The van der Waals surface area contributed by atoms with Gasteiger partial charge in [0.1, 0.15) is 5.52 Å². The molecule has 29 heavy (non-hydrogen) atoms. The zero-order chi connectivity index (χ0) is 20.5. The number of piperazine rings is 1. The van der Waals surface area contributed by atoms with Crippen molar-refractivity contribution in [2.75, 3.05) is 31.1 Å². The largest absolute Gasteiger partial charge is 0.366 e. The van der Waals surface area contributed by atoms with E-state index in [-0.39, 0.29) is 17.1 Å². The predicted molar refractivity (Wildman–Crippen MR) is 108 cm³/mol. The molecule has 0 spiro atoms. The first-order valence-electron chi connectivity index (χ1n) is 8.97. The van der Waals surface area contributed by atoms with E-state index in [2.05, 4.69) is 4.98 Å². The molecule has 0 radical (unpaired) electrons. The van der Waals surface area contributed by atoms with Gasteiger partial charge in [0.25, 0.3) is 11.6 Å². The van der Waals surface area contributed by atoms with Crippen molar-refractivity contribution in [1.82, 2.24) is 9.88 Å². The molecule has 0 saturated carbocycles. The maximum atomic E-state index is 15.0. The van der Waals surface area contributed by atoms with Crippen LogP contribution < -0.4 is 4.90 Å². The van der Waals surface area contributed by atoms with Gasteiger partial charge in [-0.1, -0.05) is 11.6 Å². The highest BCUT2D eigenvalue weighted by molar-refractivity contribution is 6.35. The Morgan fingerprint density at radius 2 is 1.76 bits per heavy atom. The summed E-state index contributed by atoms with van der Waals surface area (Å²) in [6.07, 6.45) is 1.47. The van der Waals surface area contributed by atoms with Gasteiger partial charge in [0.05, 0.1) is 15.6 Å². The first-order valence-corrected chi connectivity index (χ1v) is 9.35. The van der Waals surface area contributed by atoms with Crippen LogP contribution >= 0.6 is 11.6 Å². The summed E-state index contributed by atoms with van der Waals surface area (Å²) < 4.78 is 15.0. The van der Waals surface area contributed by atoms with Crippen LogP contribution in [0.25, 0.3) is 10.9 Å². The van der Waals surface area contributed by atoms with Crippen molar-refractivity contribution in [2.45, 2.75) is 0 Å².